The molecule has 2 atom stereocenters. The first-order valence-electron chi connectivity index (χ1n) is 6.68. The number of piperazine rings is 1. The smallest absolute Gasteiger partial charge is 0.334 e. The van der Waals surface area contributed by atoms with Gasteiger partial charge in [0.05, 0.1) is 5.41 Å². The maximum absolute atomic E-state index is 12.9. The van der Waals surface area contributed by atoms with Crippen molar-refractivity contribution in [2.24, 2.45) is 5.41 Å². The van der Waals surface area contributed by atoms with Gasteiger partial charge in [-0.1, -0.05) is 13.8 Å². The molecule has 6 heteroatoms. The van der Waals surface area contributed by atoms with Crippen LogP contribution in [0.1, 0.15) is 33.1 Å². The third-order valence-electron chi connectivity index (χ3n) is 4.31. The molecule has 0 aliphatic carbocycles. The van der Waals surface area contributed by atoms with Crippen molar-refractivity contribution in [3.63, 3.8) is 0 Å². The van der Waals surface area contributed by atoms with E-state index in [4.69, 9.17) is 0 Å². The molecule has 2 fully saturated rings. The number of hydrogen-bond donors (Lipinski definition) is 0. The SMILES string of the molecule is CN1CC2CCC(C1)N2C(=O)CC(C)(C)C(F)(F)F. The van der Waals surface area contributed by atoms with Gasteiger partial charge in [0.15, 0.2) is 0 Å². The van der Waals surface area contributed by atoms with Crippen molar-refractivity contribution in [1.29, 1.82) is 0 Å². The highest BCUT2D eigenvalue weighted by Crippen LogP contribution is 2.42. The molecule has 1 amide bonds. The molecule has 3 nitrogen and oxygen atoms in total. The fourth-order valence-corrected chi connectivity index (χ4v) is 3.09. The lowest BCUT2D eigenvalue weighted by Gasteiger charge is -2.41. The number of rotatable bonds is 2. The van der Waals surface area contributed by atoms with E-state index in [1.165, 1.54) is 0 Å². The van der Waals surface area contributed by atoms with E-state index in [2.05, 4.69) is 4.90 Å². The Kier molecular flexibility index (Phi) is 3.58. The van der Waals surface area contributed by atoms with E-state index in [0.29, 0.717) is 0 Å². The van der Waals surface area contributed by atoms with Crippen LogP contribution in [0.2, 0.25) is 0 Å². The zero-order valence-electron chi connectivity index (χ0n) is 11.6. The number of amides is 1. The Bertz CT molecular complexity index is 353. The Hall–Kier alpha value is -0.780. The zero-order chi connectivity index (χ0) is 14.4. The highest BCUT2D eigenvalue weighted by atomic mass is 19.4. The molecular weight excluding hydrogens is 257 g/mol. The first kappa shape index (κ1) is 14.6. The van der Waals surface area contributed by atoms with E-state index in [-0.39, 0.29) is 18.0 Å². The predicted molar refractivity (Wildman–Crippen MR) is 65.6 cm³/mol. The molecule has 2 unspecified atom stereocenters. The van der Waals surface area contributed by atoms with Gasteiger partial charge in [0.2, 0.25) is 5.91 Å². The van der Waals surface area contributed by atoms with Crippen LogP contribution in [0.15, 0.2) is 0 Å². The molecule has 2 rings (SSSR count). The first-order chi connectivity index (χ1) is 8.62. The van der Waals surface area contributed by atoms with E-state index < -0.39 is 18.0 Å². The monoisotopic (exact) mass is 278 g/mol. The highest BCUT2D eigenvalue weighted by molar-refractivity contribution is 5.78. The minimum absolute atomic E-state index is 0.0975. The average Bonchev–Trinajstić information content (AvgIpc) is 2.49. The Balaban J connectivity index is 2.06. The van der Waals surface area contributed by atoms with Crippen LogP contribution >= 0.6 is 0 Å². The quantitative estimate of drug-likeness (QED) is 0.773. The zero-order valence-corrected chi connectivity index (χ0v) is 11.6. The maximum Gasteiger partial charge on any atom is 0.394 e. The van der Waals surface area contributed by atoms with Gasteiger partial charge in [-0.15, -0.1) is 0 Å². The molecule has 2 bridgehead atoms. The summed E-state index contributed by atoms with van der Waals surface area (Å²) in [5.41, 5.74) is -1.95. The Morgan fingerprint density at radius 1 is 1.16 bits per heavy atom. The van der Waals surface area contributed by atoms with Gasteiger partial charge in [-0.2, -0.15) is 13.2 Å². The maximum atomic E-state index is 12.9. The van der Waals surface area contributed by atoms with Crippen LogP contribution in [0.25, 0.3) is 0 Å². The molecule has 2 heterocycles. The minimum atomic E-state index is -4.34. The Morgan fingerprint density at radius 3 is 2.05 bits per heavy atom. The van der Waals surface area contributed by atoms with Gasteiger partial charge in [-0.3, -0.25) is 4.79 Å². The van der Waals surface area contributed by atoms with Crippen molar-refractivity contribution in [3.8, 4) is 0 Å². The lowest BCUT2D eigenvalue weighted by Crippen LogP contribution is -2.55. The summed E-state index contributed by atoms with van der Waals surface area (Å²) in [6.45, 7) is 3.75. The second-order valence-corrected chi connectivity index (χ2v) is 6.47. The molecule has 19 heavy (non-hydrogen) atoms. The largest absolute Gasteiger partial charge is 0.394 e. The van der Waals surface area contributed by atoms with E-state index in [1.54, 1.807) is 4.90 Å². The summed E-state index contributed by atoms with van der Waals surface area (Å²) in [5, 5.41) is 0. The summed E-state index contributed by atoms with van der Waals surface area (Å²) in [5.74, 6) is -0.345. The number of halogens is 3. The summed E-state index contributed by atoms with van der Waals surface area (Å²) in [4.78, 5) is 16.1. The molecule has 0 N–H and O–H groups in total. The Morgan fingerprint density at radius 2 is 1.63 bits per heavy atom. The minimum Gasteiger partial charge on any atom is -0.334 e. The van der Waals surface area contributed by atoms with Crippen LogP contribution in [0.4, 0.5) is 13.2 Å². The lowest BCUT2D eigenvalue weighted by atomic mass is 9.87. The molecule has 2 aliphatic heterocycles. The molecule has 0 radical (unpaired) electrons. The second kappa shape index (κ2) is 4.65. The second-order valence-electron chi connectivity index (χ2n) is 6.47. The fraction of sp³-hybridized carbons (Fsp3) is 0.923. The van der Waals surface area contributed by atoms with Gasteiger partial charge >= 0.3 is 6.18 Å². The topological polar surface area (TPSA) is 23.6 Å². The number of likely N-dealkylation sites (tertiary alicyclic amines) is 1. The van der Waals surface area contributed by atoms with Crippen molar-refractivity contribution in [2.45, 2.75) is 51.4 Å². The van der Waals surface area contributed by atoms with E-state index in [9.17, 15) is 18.0 Å². The van der Waals surface area contributed by atoms with Crippen molar-refractivity contribution in [1.82, 2.24) is 9.80 Å². The number of likely N-dealkylation sites (N-methyl/N-ethyl adjacent to an activating group) is 1. The number of carbonyl (C=O) groups is 1. The third kappa shape index (κ3) is 2.73. The van der Waals surface area contributed by atoms with Crippen LogP contribution in [-0.2, 0) is 4.79 Å². The standard InChI is InChI=1S/C13H21F3N2O/c1-12(2,13(14,15)16)6-11(19)18-9-4-5-10(18)8-17(3)7-9/h9-10H,4-8H2,1-3H3. The molecule has 0 aromatic heterocycles. The number of nitrogens with zero attached hydrogens (tertiary/aromatic N) is 2. The van der Waals surface area contributed by atoms with Gasteiger partial charge in [0.25, 0.3) is 0 Å². The molecule has 0 saturated carbocycles. The van der Waals surface area contributed by atoms with Crippen LogP contribution in [0.3, 0.4) is 0 Å². The van der Waals surface area contributed by atoms with Crippen molar-refractivity contribution >= 4 is 5.91 Å². The van der Waals surface area contributed by atoms with Crippen LogP contribution < -0.4 is 0 Å². The summed E-state index contributed by atoms with van der Waals surface area (Å²) in [6.07, 6.45) is -2.97. The van der Waals surface area contributed by atoms with Gasteiger partial charge in [0, 0.05) is 31.6 Å². The van der Waals surface area contributed by atoms with Crippen LogP contribution in [0.5, 0.6) is 0 Å². The summed E-state index contributed by atoms with van der Waals surface area (Å²) in [6, 6.07) is 0.195. The first-order valence-corrected chi connectivity index (χ1v) is 6.68. The fourth-order valence-electron chi connectivity index (χ4n) is 3.09. The van der Waals surface area contributed by atoms with E-state index >= 15 is 0 Å². The number of alkyl halides is 3. The average molecular weight is 278 g/mol. The predicted octanol–water partition coefficient (Wildman–Crippen LogP) is 2.27. The summed E-state index contributed by atoms with van der Waals surface area (Å²) < 4.78 is 38.6. The molecule has 0 aromatic carbocycles. The molecule has 0 spiro atoms. The normalized spacial score (nSPS) is 28.8. The van der Waals surface area contributed by atoms with Gasteiger partial charge < -0.3 is 9.80 Å². The van der Waals surface area contributed by atoms with E-state index in [1.807, 2.05) is 7.05 Å². The van der Waals surface area contributed by atoms with Gasteiger partial charge in [-0.05, 0) is 19.9 Å². The molecular formula is C13H21F3N2O. The highest BCUT2D eigenvalue weighted by Gasteiger charge is 2.51. The summed E-state index contributed by atoms with van der Waals surface area (Å²) >= 11 is 0. The molecule has 2 aliphatic rings. The van der Waals surface area contributed by atoms with Gasteiger partial charge in [0.1, 0.15) is 0 Å². The number of carbonyl (C=O) groups excluding carboxylic acids is 1. The lowest BCUT2D eigenvalue weighted by molar-refractivity contribution is -0.215. The molecule has 110 valence electrons. The molecule has 0 aromatic rings. The van der Waals surface area contributed by atoms with Crippen molar-refractivity contribution < 1.29 is 18.0 Å². The van der Waals surface area contributed by atoms with E-state index in [0.717, 1.165) is 39.8 Å². The van der Waals surface area contributed by atoms with Crippen molar-refractivity contribution in [2.75, 3.05) is 20.1 Å². The molecule has 2 saturated heterocycles. The number of fused-ring (bicyclic) bond motifs is 2. The third-order valence-corrected chi connectivity index (χ3v) is 4.31. The Labute approximate surface area is 111 Å². The van der Waals surface area contributed by atoms with Gasteiger partial charge in [-0.25, -0.2) is 0 Å². The van der Waals surface area contributed by atoms with Crippen LogP contribution in [-0.4, -0.2) is 54.1 Å². The van der Waals surface area contributed by atoms with Crippen molar-refractivity contribution in [3.05, 3.63) is 0 Å². The summed E-state index contributed by atoms with van der Waals surface area (Å²) in [7, 11) is 1.99. The van der Waals surface area contributed by atoms with Crippen LogP contribution in [0, 0.1) is 5.41 Å². The number of hydrogen-bond acceptors (Lipinski definition) is 2.